The van der Waals surface area contributed by atoms with Crippen LogP contribution in [-0.2, 0) is 4.79 Å². The molecule has 0 aromatic heterocycles. The van der Waals surface area contributed by atoms with Crippen LogP contribution >= 0.6 is 0 Å². The number of anilines is 1. The molecule has 1 amide bonds. The summed E-state index contributed by atoms with van der Waals surface area (Å²) in [5.41, 5.74) is 1.88. The standard InChI is InChI=1S/C18H18N2O5/c1-25-15-4-2-3-13(11-15)18(23)19-14-7-5-12(6-8-14)16(20-24)9-10-17(21)22/h2-8,11,24H,9-10H2,1H3,(H,19,23)(H,21,22)/b20-16-. The molecule has 0 bridgehead atoms. The fourth-order valence-electron chi connectivity index (χ4n) is 2.19. The molecule has 0 aliphatic carbocycles. The second-order valence-corrected chi connectivity index (χ2v) is 5.20. The first-order valence-electron chi connectivity index (χ1n) is 7.52. The zero-order valence-corrected chi connectivity index (χ0v) is 13.6. The smallest absolute Gasteiger partial charge is 0.303 e. The van der Waals surface area contributed by atoms with Gasteiger partial charge in [-0.05, 0) is 35.9 Å². The molecule has 0 saturated carbocycles. The Morgan fingerprint density at radius 3 is 2.40 bits per heavy atom. The van der Waals surface area contributed by atoms with Gasteiger partial charge in [-0.25, -0.2) is 0 Å². The Balaban J connectivity index is 2.06. The van der Waals surface area contributed by atoms with E-state index in [9.17, 15) is 9.59 Å². The molecule has 0 aliphatic rings. The number of rotatable bonds is 7. The molecule has 2 aromatic carbocycles. The molecule has 0 fully saturated rings. The van der Waals surface area contributed by atoms with Gasteiger partial charge >= 0.3 is 5.97 Å². The number of methoxy groups -OCH3 is 1. The Hall–Kier alpha value is -3.35. The van der Waals surface area contributed by atoms with Gasteiger partial charge in [-0.15, -0.1) is 0 Å². The molecule has 0 heterocycles. The van der Waals surface area contributed by atoms with Crippen LogP contribution in [0.15, 0.2) is 53.7 Å². The first-order chi connectivity index (χ1) is 12.0. The van der Waals surface area contributed by atoms with Gasteiger partial charge in [0, 0.05) is 17.7 Å². The maximum atomic E-state index is 12.2. The first kappa shape index (κ1) is 18.0. The molecule has 25 heavy (non-hydrogen) atoms. The monoisotopic (exact) mass is 342 g/mol. The Labute approximate surface area is 144 Å². The van der Waals surface area contributed by atoms with Crippen LogP contribution in [0.2, 0.25) is 0 Å². The number of oxime groups is 1. The highest BCUT2D eigenvalue weighted by atomic mass is 16.5. The number of carboxylic acids is 1. The highest BCUT2D eigenvalue weighted by Crippen LogP contribution is 2.16. The van der Waals surface area contributed by atoms with Crippen LogP contribution in [0.25, 0.3) is 0 Å². The number of nitrogens with zero attached hydrogens (tertiary/aromatic N) is 1. The minimum absolute atomic E-state index is 0.112. The van der Waals surface area contributed by atoms with Crippen LogP contribution in [0.1, 0.15) is 28.8 Å². The molecule has 0 saturated heterocycles. The molecule has 0 atom stereocenters. The molecule has 2 aromatic rings. The van der Waals surface area contributed by atoms with Crippen LogP contribution in [-0.4, -0.2) is 35.0 Å². The lowest BCUT2D eigenvalue weighted by atomic mass is 10.1. The van der Waals surface area contributed by atoms with Gasteiger partial charge in [0.2, 0.25) is 0 Å². The molecule has 0 unspecified atom stereocenters. The van der Waals surface area contributed by atoms with E-state index >= 15 is 0 Å². The molecule has 2 rings (SSSR count). The van der Waals surface area contributed by atoms with Crippen LogP contribution in [0.4, 0.5) is 5.69 Å². The van der Waals surface area contributed by atoms with Gasteiger partial charge in [-0.2, -0.15) is 0 Å². The molecule has 0 aliphatic heterocycles. The number of hydrogen-bond acceptors (Lipinski definition) is 5. The minimum atomic E-state index is -0.969. The van der Waals surface area contributed by atoms with E-state index in [1.807, 2.05) is 0 Å². The number of carbonyl (C=O) groups excluding carboxylic acids is 1. The molecule has 0 radical (unpaired) electrons. The van der Waals surface area contributed by atoms with Crippen molar-refractivity contribution in [2.75, 3.05) is 12.4 Å². The fraction of sp³-hybridized carbons (Fsp3) is 0.167. The molecule has 0 spiro atoms. The maximum Gasteiger partial charge on any atom is 0.303 e. The summed E-state index contributed by atoms with van der Waals surface area (Å²) in [7, 11) is 1.53. The van der Waals surface area contributed by atoms with Gasteiger partial charge in [0.05, 0.1) is 19.2 Å². The first-order valence-corrected chi connectivity index (χ1v) is 7.52. The van der Waals surface area contributed by atoms with Gasteiger partial charge in [0.15, 0.2) is 0 Å². The number of hydrogen-bond donors (Lipinski definition) is 3. The number of carboxylic acid groups (broad SMARTS) is 1. The summed E-state index contributed by atoms with van der Waals surface area (Å²) >= 11 is 0. The molecular weight excluding hydrogens is 324 g/mol. The third kappa shape index (κ3) is 5.07. The van der Waals surface area contributed by atoms with E-state index in [0.717, 1.165) is 0 Å². The Morgan fingerprint density at radius 1 is 1.08 bits per heavy atom. The van der Waals surface area contributed by atoms with Gasteiger partial charge < -0.3 is 20.4 Å². The average Bonchev–Trinajstić information content (AvgIpc) is 2.63. The molecule has 3 N–H and O–H groups in total. The van der Waals surface area contributed by atoms with Crippen LogP contribution < -0.4 is 10.1 Å². The quantitative estimate of drug-likeness (QED) is 0.407. The summed E-state index contributed by atoms with van der Waals surface area (Å²) in [4.78, 5) is 22.9. The van der Waals surface area contributed by atoms with Crippen molar-refractivity contribution in [3.05, 3.63) is 59.7 Å². The summed E-state index contributed by atoms with van der Waals surface area (Å²) < 4.78 is 5.09. The van der Waals surface area contributed by atoms with Crippen molar-refractivity contribution in [3.8, 4) is 5.75 Å². The number of ether oxygens (including phenoxy) is 1. The molecular formula is C18H18N2O5. The topological polar surface area (TPSA) is 108 Å². The zero-order chi connectivity index (χ0) is 18.2. The third-order valence-corrected chi connectivity index (χ3v) is 3.50. The van der Waals surface area contributed by atoms with Crippen molar-refractivity contribution >= 4 is 23.3 Å². The summed E-state index contributed by atoms with van der Waals surface area (Å²) in [6.07, 6.45) is -0.0188. The predicted molar refractivity (Wildman–Crippen MR) is 92.6 cm³/mol. The average molecular weight is 342 g/mol. The maximum absolute atomic E-state index is 12.2. The lowest BCUT2D eigenvalue weighted by molar-refractivity contribution is -0.136. The van der Waals surface area contributed by atoms with Gasteiger partial charge in [-0.3, -0.25) is 9.59 Å². The number of benzene rings is 2. The lowest BCUT2D eigenvalue weighted by Crippen LogP contribution is -2.12. The summed E-state index contributed by atoms with van der Waals surface area (Å²) in [6.45, 7) is 0. The normalized spacial score (nSPS) is 11.0. The summed E-state index contributed by atoms with van der Waals surface area (Å²) in [5.74, 6) is -0.665. The third-order valence-electron chi connectivity index (χ3n) is 3.50. The van der Waals surface area contributed by atoms with Crippen molar-refractivity contribution in [2.45, 2.75) is 12.8 Å². The number of amides is 1. The van der Waals surface area contributed by atoms with Crippen molar-refractivity contribution in [3.63, 3.8) is 0 Å². The molecule has 7 nitrogen and oxygen atoms in total. The van der Waals surface area contributed by atoms with Crippen molar-refractivity contribution in [1.82, 2.24) is 0 Å². The van der Waals surface area contributed by atoms with E-state index in [2.05, 4.69) is 10.5 Å². The van der Waals surface area contributed by atoms with E-state index in [0.29, 0.717) is 22.6 Å². The van der Waals surface area contributed by atoms with Crippen molar-refractivity contribution in [1.29, 1.82) is 0 Å². The van der Waals surface area contributed by atoms with E-state index in [1.165, 1.54) is 7.11 Å². The highest BCUT2D eigenvalue weighted by Gasteiger charge is 2.10. The lowest BCUT2D eigenvalue weighted by Gasteiger charge is -2.08. The largest absolute Gasteiger partial charge is 0.497 e. The number of nitrogens with one attached hydrogen (secondary N) is 1. The van der Waals surface area contributed by atoms with E-state index in [4.69, 9.17) is 15.1 Å². The van der Waals surface area contributed by atoms with Gasteiger partial charge in [0.25, 0.3) is 5.91 Å². The second kappa shape index (κ2) is 8.49. The highest BCUT2D eigenvalue weighted by molar-refractivity contribution is 6.05. The van der Waals surface area contributed by atoms with E-state index < -0.39 is 5.97 Å². The number of aliphatic carboxylic acids is 1. The second-order valence-electron chi connectivity index (χ2n) is 5.20. The number of carbonyl (C=O) groups is 2. The zero-order valence-electron chi connectivity index (χ0n) is 13.6. The Bertz CT molecular complexity index is 784. The van der Waals surface area contributed by atoms with E-state index in [-0.39, 0.29) is 24.5 Å². The summed E-state index contributed by atoms with van der Waals surface area (Å²) in [6, 6.07) is 13.4. The Morgan fingerprint density at radius 2 is 1.80 bits per heavy atom. The van der Waals surface area contributed by atoms with Crippen LogP contribution in [0.3, 0.4) is 0 Å². The molecule has 130 valence electrons. The van der Waals surface area contributed by atoms with E-state index in [1.54, 1.807) is 48.5 Å². The predicted octanol–water partition coefficient (Wildman–Crippen LogP) is 2.99. The minimum Gasteiger partial charge on any atom is -0.497 e. The van der Waals surface area contributed by atoms with Crippen LogP contribution in [0.5, 0.6) is 5.75 Å². The van der Waals surface area contributed by atoms with Crippen molar-refractivity contribution < 1.29 is 24.6 Å². The fourth-order valence-corrected chi connectivity index (χ4v) is 2.19. The Kier molecular flexibility index (Phi) is 6.11. The van der Waals surface area contributed by atoms with Gasteiger partial charge in [-0.1, -0.05) is 23.4 Å². The van der Waals surface area contributed by atoms with Crippen LogP contribution in [0, 0.1) is 0 Å². The summed E-state index contributed by atoms with van der Waals surface area (Å²) in [5, 5.41) is 23.6. The molecule has 7 heteroatoms. The van der Waals surface area contributed by atoms with Gasteiger partial charge in [0.1, 0.15) is 5.75 Å². The SMILES string of the molecule is COc1cccc(C(=O)Nc2ccc(/C(CCC(=O)O)=N\O)cc2)c1. The van der Waals surface area contributed by atoms with Crippen molar-refractivity contribution in [2.24, 2.45) is 5.16 Å².